The molecule has 4 nitrogen and oxygen atoms in total. The molecular weight excluding hydrogens is 260 g/mol. The molecule has 0 bridgehead atoms. The average molecular weight is 286 g/mol. The van der Waals surface area contributed by atoms with E-state index in [4.69, 9.17) is 0 Å². The van der Waals surface area contributed by atoms with Gasteiger partial charge < -0.3 is 10.2 Å². The van der Waals surface area contributed by atoms with Crippen molar-refractivity contribution in [1.82, 2.24) is 19.8 Å². The summed E-state index contributed by atoms with van der Waals surface area (Å²) >= 11 is 0. The van der Waals surface area contributed by atoms with Gasteiger partial charge in [-0.3, -0.25) is 4.57 Å². The highest BCUT2D eigenvalue weighted by molar-refractivity contribution is 5.35. The summed E-state index contributed by atoms with van der Waals surface area (Å²) in [6.45, 7) is 8.26. The number of para-hydroxylation sites is 1. The van der Waals surface area contributed by atoms with Crippen LogP contribution in [0.1, 0.15) is 25.4 Å². The van der Waals surface area contributed by atoms with Gasteiger partial charge in [-0.15, -0.1) is 0 Å². The lowest BCUT2D eigenvalue weighted by molar-refractivity contribution is 0.189. The van der Waals surface area contributed by atoms with Gasteiger partial charge in [-0.1, -0.05) is 18.2 Å². The van der Waals surface area contributed by atoms with E-state index in [2.05, 4.69) is 72.0 Å². The van der Waals surface area contributed by atoms with Gasteiger partial charge in [-0.2, -0.15) is 0 Å². The molecule has 0 unspecified atom stereocenters. The second-order valence-corrected chi connectivity index (χ2v) is 6.28. The minimum absolute atomic E-state index is 0.132. The lowest BCUT2D eigenvalue weighted by Gasteiger charge is -2.32. The lowest BCUT2D eigenvalue weighted by atomic mass is 10.0. The van der Waals surface area contributed by atoms with Crippen molar-refractivity contribution in [3.05, 3.63) is 48.0 Å². The quantitative estimate of drug-likeness (QED) is 0.886. The summed E-state index contributed by atoms with van der Waals surface area (Å²) in [4.78, 5) is 6.69. The fourth-order valence-corrected chi connectivity index (χ4v) is 2.20. The summed E-state index contributed by atoms with van der Waals surface area (Å²) in [6, 6.07) is 10.4. The number of aromatic nitrogens is 2. The van der Waals surface area contributed by atoms with Gasteiger partial charge in [-0.25, -0.2) is 4.98 Å². The van der Waals surface area contributed by atoms with Crippen LogP contribution in [-0.2, 0) is 6.54 Å². The van der Waals surface area contributed by atoms with Crippen LogP contribution in [0.25, 0.3) is 5.69 Å². The number of benzene rings is 1. The zero-order valence-corrected chi connectivity index (χ0v) is 13.7. The normalized spacial score (nSPS) is 12.1. The summed E-state index contributed by atoms with van der Waals surface area (Å²) in [6.07, 6.45) is 1.96. The first-order valence-electron chi connectivity index (χ1n) is 7.38. The van der Waals surface area contributed by atoms with Gasteiger partial charge in [0.05, 0.1) is 11.9 Å². The van der Waals surface area contributed by atoms with E-state index < -0.39 is 0 Å². The van der Waals surface area contributed by atoms with E-state index in [9.17, 15) is 0 Å². The maximum absolute atomic E-state index is 4.46. The van der Waals surface area contributed by atoms with E-state index in [0.717, 1.165) is 24.6 Å². The first kappa shape index (κ1) is 15.7. The lowest BCUT2D eigenvalue weighted by Crippen LogP contribution is -2.46. The van der Waals surface area contributed by atoms with E-state index in [1.165, 1.54) is 5.69 Å². The number of likely N-dealkylation sites (N-methyl/N-ethyl adjacent to an activating group) is 1. The highest BCUT2D eigenvalue weighted by atomic mass is 15.2. The second-order valence-electron chi connectivity index (χ2n) is 6.28. The molecule has 0 fully saturated rings. The molecule has 2 aromatic rings. The number of aryl methyl sites for hydroxylation is 1. The van der Waals surface area contributed by atoms with Crippen LogP contribution in [0, 0.1) is 6.92 Å². The number of hydrogen-bond donors (Lipinski definition) is 1. The Kier molecular flexibility index (Phi) is 4.80. The Balaban J connectivity index is 2.09. The number of imidazole rings is 1. The van der Waals surface area contributed by atoms with E-state index in [0.29, 0.717) is 0 Å². The second kappa shape index (κ2) is 6.41. The molecule has 0 aliphatic heterocycles. The minimum atomic E-state index is 0.132. The summed E-state index contributed by atoms with van der Waals surface area (Å²) in [5, 5.41) is 3.54. The Labute approximate surface area is 127 Å². The molecule has 0 amide bonds. The molecule has 1 N–H and O–H groups in total. The highest BCUT2D eigenvalue weighted by Gasteiger charge is 2.19. The largest absolute Gasteiger partial charge is 0.309 e. The van der Waals surface area contributed by atoms with Gasteiger partial charge in [0.15, 0.2) is 0 Å². The summed E-state index contributed by atoms with van der Waals surface area (Å²) in [7, 11) is 4.22. The van der Waals surface area contributed by atoms with Gasteiger partial charge in [0, 0.05) is 24.3 Å². The van der Waals surface area contributed by atoms with Crippen molar-refractivity contribution in [2.45, 2.75) is 32.9 Å². The van der Waals surface area contributed by atoms with Crippen LogP contribution in [0.3, 0.4) is 0 Å². The standard InChI is InChI=1S/C17H26N4/c1-14-19-12-16(11-18-13-17(2,3)20(4)5)21(14)15-9-7-6-8-10-15/h6-10,12,18H,11,13H2,1-5H3. The molecule has 0 aliphatic rings. The molecule has 114 valence electrons. The molecule has 21 heavy (non-hydrogen) atoms. The summed E-state index contributed by atoms with van der Waals surface area (Å²) in [5.74, 6) is 1.02. The van der Waals surface area contributed by atoms with E-state index >= 15 is 0 Å². The minimum Gasteiger partial charge on any atom is -0.309 e. The SMILES string of the molecule is Cc1ncc(CNCC(C)(C)N(C)C)n1-c1ccccc1. The van der Waals surface area contributed by atoms with Gasteiger partial charge in [0.1, 0.15) is 5.82 Å². The third-order valence-corrected chi connectivity index (χ3v) is 4.10. The highest BCUT2D eigenvalue weighted by Crippen LogP contribution is 2.15. The van der Waals surface area contributed by atoms with Crippen LogP contribution in [0.2, 0.25) is 0 Å². The summed E-state index contributed by atoms with van der Waals surface area (Å²) in [5.41, 5.74) is 2.48. The molecular formula is C17H26N4. The summed E-state index contributed by atoms with van der Waals surface area (Å²) < 4.78 is 2.20. The maximum Gasteiger partial charge on any atom is 0.110 e. The van der Waals surface area contributed by atoms with Crippen LogP contribution in [-0.4, -0.2) is 40.6 Å². The fourth-order valence-electron chi connectivity index (χ4n) is 2.20. The topological polar surface area (TPSA) is 33.1 Å². The molecule has 0 radical (unpaired) electrons. The van der Waals surface area contributed by atoms with Crippen LogP contribution >= 0.6 is 0 Å². The zero-order chi connectivity index (χ0) is 15.5. The van der Waals surface area contributed by atoms with E-state index in [1.807, 2.05) is 19.2 Å². The Morgan fingerprint density at radius 3 is 2.48 bits per heavy atom. The van der Waals surface area contributed by atoms with Crippen molar-refractivity contribution in [3.63, 3.8) is 0 Å². The number of nitrogens with one attached hydrogen (secondary N) is 1. The molecule has 0 saturated heterocycles. The van der Waals surface area contributed by atoms with Crippen molar-refractivity contribution < 1.29 is 0 Å². The Bertz CT molecular complexity index is 570. The van der Waals surface area contributed by atoms with Gasteiger partial charge in [0.2, 0.25) is 0 Å². The monoisotopic (exact) mass is 286 g/mol. The molecule has 1 aromatic heterocycles. The first-order valence-corrected chi connectivity index (χ1v) is 7.38. The van der Waals surface area contributed by atoms with Crippen molar-refractivity contribution >= 4 is 0 Å². The number of nitrogens with zero attached hydrogens (tertiary/aromatic N) is 3. The van der Waals surface area contributed by atoms with Crippen LogP contribution in [0.5, 0.6) is 0 Å². The molecule has 1 aromatic carbocycles. The van der Waals surface area contributed by atoms with Gasteiger partial charge in [0.25, 0.3) is 0 Å². The third-order valence-electron chi connectivity index (χ3n) is 4.10. The predicted molar refractivity (Wildman–Crippen MR) is 87.8 cm³/mol. The van der Waals surface area contributed by atoms with Crippen molar-refractivity contribution in [2.75, 3.05) is 20.6 Å². The van der Waals surface area contributed by atoms with Crippen molar-refractivity contribution in [1.29, 1.82) is 0 Å². The van der Waals surface area contributed by atoms with Crippen molar-refractivity contribution in [2.24, 2.45) is 0 Å². The smallest absolute Gasteiger partial charge is 0.110 e. The van der Waals surface area contributed by atoms with E-state index in [1.54, 1.807) is 0 Å². The van der Waals surface area contributed by atoms with E-state index in [-0.39, 0.29) is 5.54 Å². The van der Waals surface area contributed by atoms with Gasteiger partial charge >= 0.3 is 0 Å². The third kappa shape index (κ3) is 3.71. The van der Waals surface area contributed by atoms with Crippen molar-refractivity contribution in [3.8, 4) is 5.69 Å². The molecule has 0 spiro atoms. The maximum atomic E-state index is 4.46. The fraction of sp³-hybridized carbons (Fsp3) is 0.471. The van der Waals surface area contributed by atoms with Crippen LogP contribution in [0.4, 0.5) is 0 Å². The molecule has 2 rings (SSSR count). The number of rotatable bonds is 6. The van der Waals surface area contributed by atoms with Gasteiger partial charge in [-0.05, 0) is 47.0 Å². The van der Waals surface area contributed by atoms with Crippen LogP contribution in [0.15, 0.2) is 36.5 Å². The first-order chi connectivity index (χ1) is 9.92. The molecule has 0 atom stereocenters. The molecule has 0 aliphatic carbocycles. The molecule has 4 heteroatoms. The predicted octanol–water partition coefficient (Wildman–Crippen LogP) is 2.61. The Morgan fingerprint density at radius 1 is 1.19 bits per heavy atom. The molecule has 0 saturated carbocycles. The van der Waals surface area contributed by atoms with Crippen LogP contribution < -0.4 is 5.32 Å². The Hall–Kier alpha value is -1.65. The average Bonchev–Trinajstić information content (AvgIpc) is 2.80. The molecule has 1 heterocycles. The zero-order valence-electron chi connectivity index (χ0n) is 13.7. The number of hydrogen-bond acceptors (Lipinski definition) is 3. The Morgan fingerprint density at radius 2 is 1.86 bits per heavy atom.